The van der Waals surface area contributed by atoms with Crippen molar-refractivity contribution in [2.75, 3.05) is 44.2 Å². The first-order valence-corrected chi connectivity index (χ1v) is 10.2. The van der Waals surface area contributed by atoms with Crippen molar-refractivity contribution in [2.24, 2.45) is 5.92 Å². The highest BCUT2D eigenvalue weighted by molar-refractivity contribution is 5.96. The summed E-state index contributed by atoms with van der Waals surface area (Å²) in [6, 6.07) is 19.5. The Labute approximate surface area is 161 Å². The molecule has 1 amide bonds. The van der Waals surface area contributed by atoms with E-state index in [9.17, 15) is 4.79 Å². The number of hydrogen-bond acceptors (Lipinski definition) is 3. The summed E-state index contributed by atoms with van der Waals surface area (Å²) in [5.74, 6) is 0.962. The van der Waals surface area contributed by atoms with Crippen molar-refractivity contribution in [3.05, 3.63) is 65.7 Å². The molecule has 4 heteroatoms. The molecule has 2 aromatic rings. The molecule has 0 radical (unpaired) electrons. The second-order valence-electron chi connectivity index (χ2n) is 8.20. The summed E-state index contributed by atoms with van der Waals surface area (Å²) in [6.45, 7) is 6.14. The van der Waals surface area contributed by atoms with E-state index < -0.39 is 0 Å². The molecule has 0 aromatic heterocycles. The second-order valence-corrected chi connectivity index (χ2v) is 8.20. The van der Waals surface area contributed by atoms with Gasteiger partial charge in [-0.3, -0.25) is 9.69 Å². The summed E-state index contributed by atoms with van der Waals surface area (Å²) in [5.41, 5.74) is 3.46. The van der Waals surface area contributed by atoms with Gasteiger partial charge < -0.3 is 9.80 Å². The van der Waals surface area contributed by atoms with Crippen LogP contribution in [0.4, 0.5) is 5.69 Å². The number of nitrogens with zero attached hydrogens (tertiary/aromatic N) is 3. The number of amides is 1. The molecule has 0 N–H and O–H groups in total. The highest BCUT2D eigenvalue weighted by atomic mass is 16.2. The largest absolute Gasteiger partial charge is 0.367 e. The van der Waals surface area contributed by atoms with E-state index in [1.165, 1.54) is 30.8 Å². The molecular weight excluding hydrogens is 334 g/mol. The molecule has 3 heterocycles. The van der Waals surface area contributed by atoms with Crippen LogP contribution in [0.5, 0.6) is 0 Å². The number of benzene rings is 2. The SMILES string of the molecule is O=C1c2ccccc2CCN1CCN1CC2CC(C1)N(c1ccccc1)C2. The van der Waals surface area contributed by atoms with Crippen LogP contribution in [0.3, 0.4) is 0 Å². The third-order valence-electron chi connectivity index (χ3n) is 6.45. The van der Waals surface area contributed by atoms with Gasteiger partial charge in [0.2, 0.25) is 0 Å². The van der Waals surface area contributed by atoms with E-state index in [-0.39, 0.29) is 5.91 Å². The van der Waals surface area contributed by atoms with Gasteiger partial charge in [0, 0.05) is 56.6 Å². The molecule has 3 aliphatic heterocycles. The molecule has 0 aliphatic carbocycles. The molecule has 27 heavy (non-hydrogen) atoms. The van der Waals surface area contributed by atoms with Crippen molar-refractivity contribution in [3.63, 3.8) is 0 Å². The molecule has 2 bridgehead atoms. The topological polar surface area (TPSA) is 26.8 Å². The predicted molar refractivity (Wildman–Crippen MR) is 108 cm³/mol. The van der Waals surface area contributed by atoms with Crippen molar-refractivity contribution in [3.8, 4) is 0 Å². The van der Waals surface area contributed by atoms with E-state index in [1.807, 2.05) is 23.1 Å². The Morgan fingerprint density at radius 2 is 1.70 bits per heavy atom. The maximum atomic E-state index is 12.8. The van der Waals surface area contributed by atoms with Gasteiger partial charge in [0.1, 0.15) is 0 Å². The van der Waals surface area contributed by atoms with Gasteiger partial charge in [-0.1, -0.05) is 36.4 Å². The Balaban J connectivity index is 1.21. The van der Waals surface area contributed by atoms with Gasteiger partial charge in [-0.05, 0) is 42.5 Å². The predicted octanol–water partition coefficient (Wildman–Crippen LogP) is 2.90. The lowest BCUT2D eigenvalue weighted by atomic mass is 9.98. The number of carbonyl (C=O) groups excluding carboxylic acids is 1. The maximum absolute atomic E-state index is 12.8. The average Bonchev–Trinajstić information content (AvgIpc) is 3.02. The molecule has 2 unspecified atom stereocenters. The summed E-state index contributed by atoms with van der Waals surface area (Å²) in [7, 11) is 0. The number of piperidine rings is 1. The number of anilines is 1. The lowest BCUT2D eigenvalue weighted by Gasteiger charge is -2.35. The van der Waals surface area contributed by atoms with E-state index >= 15 is 0 Å². The minimum Gasteiger partial charge on any atom is -0.367 e. The summed E-state index contributed by atoms with van der Waals surface area (Å²) < 4.78 is 0. The molecule has 3 aliphatic rings. The van der Waals surface area contributed by atoms with Crippen LogP contribution >= 0.6 is 0 Å². The van der Waals surface area contributed by atoms with Crippen molar-refractivity contribution >= 4 is 11.6 Å². The van der Waals surface area contributed by atoms with Crippen molar-refractivity contribution in [2.45, 2.75) is 18.9 Å². The van der Waals surface area contributed by atoms with Crippen molar-refractivity contribution < 1.29 is 4.79 Å². The third kappa shape index (κ3) is 3.23. The highest BCUT2D eigenvalue weighted by Crippen LogP contribution is 2.33. The zero-order valence-corrected chi connectivity index (χ0v) is 15.8. The first-order valence-electron chi connectivity index (χ1n) is 10.2. The van der Waals surface area contributed by atoms with Crippen LogP contribution in [0.1, 0.15) is 22.3 Å². The van der Waals surface area contributed by atoms with E-state index in [1.54, 1.807) is 0 Å². The normalized spacial score (nSPS) is 25.0. The summed E-state index contributed by atoms with van der Waals surface area (Å²) in [6.07, 6.45) is 2.29. The molecule has 2 atom stereocenters. The molecule has 2 saturated heterocycles. The van der Waals surface area contributed by atoms with Gasteiger partial charge in [-0.2, -0.15) is 0 Å². The molecule has 5 rings (SSSR count). The quantitative estimate of drug-likeness (QED) is 0.838. The molecule has 2 aromatic carbocycles. The van der Waals surface area contributed by atoms with E-state index in [0.717, 1.165) is 44.1 Å². The first-order chi connectivity index (χ1) is 13.3. The monoisotopic (exact) mass is 361 g/mol. The molecule has 0 saturated carbocycles. The van der Waals surface area contributed by atoms with E-state index in [0.29, 0.717) is 6.04 Å². The Kier molecular flexibility index (Phi) is 4.36. The van der Waals surface area contributed by atoms with E-state index in [2.05, 4.69) is 46.2 Å². The Morgan fingerprint density at radius 3 is 2.59 bits per heavy atom. The second kappa shape index (κ2) is 7.01. The van der Waals surface area contributed by atoms with Crippen molar-refractivity contribution in [1.82, 2.24) is 9.80 Å². The minimum atomic E-state index is 0.211. The van der Waals surface area contributed by atoms with Crippen LogP contribution in [-0.4, -0.2) is 61.0 Å². The smallest absolute Gasteiger partial charge is 0.254 e. The summed E-state index contributed by atoms with van der Waals surface area (Å²) in [4.78, 5) is 20.0. The highest BCUT2D eigenvalue weighted by Gasteiger charge is 2.38. The molecule has 140 valence electrons. The first kappa shape index (κ1) is 16.8. The zero-order valence-electron chi connectivity index (χ0n) is 15.8. The average molecular weight is 361 g/mol. The fraction of sp³-hybridized carbons (Fsp3) is 0.435. The Hall–Kier alpha value is -2.33. The third-order valence-corrected chi connectivity index (χ3v) is 6.45. The lowest BCUT2D eigenvalue weighted by Crippen LogP contribution is -2.47. The standard InChI is InChI=1S/C23H27N3O/c27-23-22-9-5-4-6-19(22)10-11-25(23)13-12-24-15-18-14-21(17-24)26(16-18)20-7-2-1-3-8-20/h1-9,18,21H,10-17H2. The van der Waals surface area contributed by atoms with Gasteiger partial charge in [0.15, 0.2) is 0 Å². The number of rotatable bonds is 4. The minimum absolute atomic E-state index is 0.211. The van der Waals surface area contributed by atoms with Crippen LogP contribution in [0.25, 0.3) is 0 Å². The van der Waals surface area contributed by atoms with Crippen LogP contribution in [-0.2, 0) is 6.42 Å². The maximum Gasteiger partial charge on any atom is 0.254 e. The van der Waals surface area contributed by atoms with E-state index in [4.69, 9.17) is 0 Å². The van der Waals surface area contributed by atoms with Gasteiger partial charge in [0.05, 0.1) is 0 Å². The summed E-state index contributed by atoms with van der Waals surface area (Å²) in [5, 5.41) is 0. The van der Waals surface area contributed by atoms with Gasteiger partial charge in [-0.25, -0.2) is 0 Å². The van der Waals surface area contributed by atoms with Gasteiger partial charge in [0.25, 0.3) is 5.91 Å². The van der Waals surface area contributed by atoms with Gasteiger partial charge in [-0.15, -0.1) is 0 Å². The fourth-order valence-electron chi connectivity index (χ4n) is 5.12. The Morgan fingerprint density at radius 1 is 0.889 bits per heavy atom. The Bertz CT molecular complexity index is 821. The van der Waals surface area contributed by atoms with Crippen LogP contribution in [0.2, 0.25) is 0 Å². The number of para-hydroxylation sites is 1. The molecule has 4 nitrogen and oxygen atoms in total. The number of carbonyl (C=O) groups is 1. The number of hydrogen-bond donors (Lipinski definition) is 0. The zero-order chi connectivity index (χ0) is 18.2. The van der Waals surface area contributed by atoms with Gasteiger partial charge >= 0.3 is 0 Å². The fourth-order valence-corrected chi connectivity index (χ4v) is 5.12. The molecule has 0 spiro atoms. The number of likely N-dealkylation sites (tertiary alicyclic amines) is 1. The summed E-state index contributed by atoms with van der Waals surface area (Å²) >= 11 is 0. The lowest BCUT2D eigenvalue weighted by molar-refractivity contribution is 0.0707. The van der Waals surface area contributed by atoms with Crippen molar-refractivity contribution in [1.29, 1.82) is 0 Å². The van der Waals surface area contributed by atoms with Crippen LogP contribution in [0.15, 0.2) is 54.6 Å². The molecule has 2 fully saturated rings. The number of fused-ring (bicyclic) bond motifs is 3. The molecular formula is C23H27N3O. The van der Waals surface area contributed by atoms with Crippen LogP contribution < -0.4 is 4.90 Å². The van der Waals surface area contributed by atoms with Crippen LogP contribution in [0, 0.1) is 5.92 Å².